The lowest BCUT2D eigenvalue weighted by molar-refractivity contribution is 0.405. The zero-order chi connectivity index (χ0) is 13.8. The van der Waals surface area contributed by atoms with Crippen LogP contribution in [-0.2, 0) is 5.75 Å². The van der Waals surface area contributed by atoms with Crippen LogP contribution in [0, 0.1) is 5.82 Å². The number of methoxy groups -OCH3 is 1. The summed E-state index contributed by atoms with van der Waals surface area (Å²) in [6.45, 7) is 0. The predicted molar refractivity (Wildman–Crippen MR) is 78.4 cm³/mol. The van der Waals surface area contributed by atoms with E-state index >= 15 is 0 Å². The van der Waals surface area contributed by atoms with E-state index in [0.29, 0.717) is 27.8 Å². The minimum absolute atomic E-state index is 0.297. The van der Waals surface area contributed by atoms with Crippen molar-refractivity contribution < 1.29 is 9.13 Å². The number of thioether (sulfide) groups is 1. The summed E-state index contributed by atoms with van der Waals surface area (Å²) in [6, 6.07) is 10.1. The van der Waals surface area contributed by atoms with Gasteiger partial charge >= 0.3 is 0 Å². The highest BCUT2D eigenvalue weighted by atomic mass is 35.5. The molecule has 2 nitrogen and oxygen atoms in total. The molecule has 5 heteroatoms. The van der Waals surface area contributed by atoms with E-state index in [-0.39, 0.29) is 5.82 Å². The Morgan fingerprint density at radius 3 is 2.74 bits per heavy atom. The van der Waals surface area contributed by atoms with Crippen molar-refractivity contribution >= 4 is 29.1 Å². The van der Waals surface area contributed by atoms with E-state index in [2.05, 4.69) is 0 Å². The molecule has 0 aliphatic carbocycles. The first-order valence-electron chi connectivity index (χ1n) is 5.60. The quantitative estimate of drug-likeness (QED) is 0.672. The Balaban J connectivity index is 2.14. The monoisotopic (exact) mass is 297 g/mol. The van der Waals surface area contributed by atoms with Crippen LogP contribution < -0.4 is 10.5 Å². The average molecular weight is 298 g/mol. The number of nitrogen functional groups attached to an aromatic ring is 1. The third kappa shape index (κ3) is 3.55. The molecule has 0 aliphatic rings. The summed E-state index contributed by atoms with van der Waals surface area (Å²) in [5.74, 6) is 0.900. The fourth-order valence-electron chi connectivity index (χ4n) is 1.60. The molecule has 0 atom stereocenters. The SMILES string of the molecule is COc1cc(N)ccc1SCc1ccc(Cl)cc1F. The van der Waals surface area contributed by atoms with Crippen LogP contribution in [0.25, 0.3) is 0 Å². The number of nitrogens with two attached hydrogens (primary N) is 1. The summed E-state index contributed by atoms with van der Waals surface area (Å²) >= 11 is 7.21. The molecule has 0 heterocycles. The molecule has 0 saturated heterocycles. The van der Waals surface area contributed by atoms with Crippen LogP contribution in [0.2, 0.25) is 5.02 Å². The lowest BCUT2D eigenvalue weighted by Gasteiger charge is -2.09. The molecule has 0 aliphatic heterocycles. The Kier molecular flexibility index (Phi) is 4.56. The molecule has 0 bridgehead atoms. The maximum absolute atomic E-state index is 13.7. The van der Waals surface area contributed by atoms with Crippen molar-refractivity contribution in [3.8, 4) is 5.75 Å². The molecule has 0 unspecified atom stereocenters. The van der Waals surface area contributed by atoms with Gasteiger partial charge in [0, 0.05) is 27.4 Å². The van der Waals surface area contributed by atoms with Crippen molar-refractivity contribution in [3.63, 3.8) is 0 Å². The number of rotatable bonds is 4. The van der Waals surface area contributed by atoms with Crippen molar-refractivity contribution in [2.75, 3.05) is 12.8 Å². The maximum atomic E-state index is 13.7. The van der Waals surface area contributed by atoms with Gasteiger partial charge in [0.1, 0.15) is 11.6 Å². The van der Waals surface area contributed by atoms with Gasteiger partial charge in [-0.25, -0.2) is 4.39 Å². The first-order valence-corrected chi connectivity index (χ1v) is 6.96. The highest BCUT2D eigenvalue weighted by molar-refractivity contribution is 7.98. The second kappa shape index (κ2) is 6.17. The fourth-order valence-corrected chi connectivity index (χ4v) is 2.75. The summed E-state index contributed by atoms with van der Waals surface area (Å²) in [5.41, 5.74) is 6.93. The molecule has 2 rings (SSSR count). The van der Waals surface area contributed by atoms with Gasteiger partial charge in [-0.05, 0) is 29.8 Å². The van der Waals surface area contributed by atoms with Crippen molar-refractivity contribution in [3.05, 3.63) is 52.8 Å². The smallest absolute Gasteiger partial charge is 0.134 e. The van der Waals surface area contributed by atoms with Crippen LogP contribution in [0.3, 0.4) is 0 Å². The highest BCUT2D eigenvalue weighted by Gasteiger charge is 2.07. The van der Waals surface area contributed by atoms with E-state index in [4.69, 9.17) is 22.1 Å². The molecule has 0 spiro atoms. The van der Waals surface area contributed by atoms with Crippen LogP contribution in [0.5, 0.6) is 5.75 Å². The topological polar surface area (TPSA) is 35.2 Å². The summed E-state index contributed by atoms with van der Waals surface area (Å²) in [7, 11) is 1.59. The standard InChI is InChI=1S/C14H13ClFNOS/c1-18-13-7-11(17)4-5-14(13)19-8-9-2-3-10(15)6-12(9)16/h2-7H,8,17H2,1H3. The van der Waals surface area contributed by atoms with Crippen molar-refractivity contribution in [1.82, 2.24) is 0 Å². The van der Waals surface area contributed by atoms with Gasteiger partial charge in [-0.15, -0.1) is 11.8 Å². The van der Waals surface area contributed by atoms with Gasteiger partial charge in [0.15, 0.2) is 0 Å². The number of halogens is 2. The second-order valence-electron chi connectivity index (χ2n) is 3.93. The average Bonchev–Trinajstić information content (AvgIpc) is 2.39. The van der Waals surface area contributed by atoms with Crippen LogP contribution in [0.1, 0.15) is 5.56 Å². The van der Waals surface area contributed by atoms with Gasteiger partial charge in [-0.1, -0.05) is 17.7 Å². The predicted octanol–water partition coefficient (Wildman–Crippen LogP) is 4.36. The Morgan fingerprint density at radius 2 is 2.05 bits per heavy atom. The zero-order valence-corrected chi connectivity index (χ0v) is 11.9. The highest BCUT2D eigenvalue weighted by Crippen LogP contribution is 2.33. The Bertz CT molecular complexity index is 592. The lowest BCUT2D eigenvalue weighted by Crippen LogP contribution is -1.92. The maximum Gasteiger partial charge on any atom is 0.134 e. The zero-order valence-electron chi connectivity index (χ0n) is 10.3. The van der Waals surface area contributed by atoms with Crippen LogP contribution in [0.4, 0.5) is 10.1 Å². The number of benzene rings is 2. The third-order valence-corrected chi connectivity index (χ3v) is 3.92. The van der Waals surface area contributed by atoms with E-state index in [1.165, 1.54) is 17.8 Å². The van der Waals surface area contributed by atoms with Gasteiger partial charge in [-0.3, -0.25) is 0 Å². The van der Waals surface area contributed by atoms with Gasteiger partial charge in [0.05, 0.1) is 7.11 Å². The van der Waals surface area contributed by atoms with Crippen molar-refractivity contribution in [2.24, 2.45) is 0 Å². The Morgan fingerprint density at radius 1 is 1.26 bits per heavy atom. The van der Waals surface area contributed by atoms with Gasteiger partial charge in [-0.2, -0.15) is 0 Å². The van der Waals surface area contributed by atoms with Gasteiger partial charge in [0.25, 0.3) is 0 Å². The summed E-state index contributed by atoms with van der Waals surface area (Å²) in [4.78, 5) is 0.922. The van der Waals surface area contributed by atoms with Gasteiger partial charge in [0.2, 0.25) is 0 Å². The van der Waals surface area contributed by atoms with Crippen molar-refractivity contribution in [2.45, 2.75) is 10.6 Å². The molecule has 2 aromatic rings. The molecule has 0 fully saturated rings. The summed E-state index contributed by atoms with van der Waals surface area (Å²) in [6.07, 6.45) is 0. The summed E-state index contributed by atoms with van der Waals surface area (Å²) in [5, 5.41) is 0.399. The normalized spacial score (nSPS) is 10.5. The minimum atomic E-state index is -0.297. The molecule has 0 radical (unpaired) electrons. The van der Waals surface area contributed by atoms with E-state index in [9.17, 15) is 4.39 Å². The largest absolute Gasteiger partial charge is 0.496 e. The Hall–Kier alpha value is -1.39. The summed E-state index contributed by atoms with van der Waals surface area (Å²) < 4.78 is 18.9. The number of ether oxygens (including phenoxy) is 1. The van der Waals surface area contributed by atoms with E-state index < -0.39 is 0 Å². The molecule has 0 amide bonds. The number of anilines is 1. The van der Waals surface area contributed by atoms with E-state index in [1.54, 1.807) is 31.4 Å². The molecular weight excluding hydrogens is 285 g/mol. The third-order valence-electron chi connectivity index (χ3n) is 2.59. The molecule has 19 heavy (non-hydrogen) atoms. The second-order valence-corrected chi connectivity index (χ2v) is 5.39. The van der Waals surface area contributed by atoms with Crippen LogP contribution >= 0.6 is 23.4 Å². The first-order chi connectivity index (χ1) is 9.10. The first kappa shape index (κ1) is 14.0. The molecule has 100 valence electrons. The Labute approximate surface area is 120 Å². The minimum Gasteiger partial charge on any atom is -0.496 e. The number of hydrogen-bond acceptors (Lipinski definition) is 3. The molecule has 0 aromatic heterocycles. The van der Waals surface area contributed by atoms with E-state index in [0.717, 1.165) is 4.90 Å². The van der Waals surface area contributed by atoms with Crippen LogP contribution in [-0.4, -0.2) is 7.11 Å². The van der Waals surface area contributed by atoms with E-state index in [1.807, 2.05) is 6.07 Å². The fraction of sp³-hybridized carbons (Fsp3) is 0.143. The van der Waals surface area contributed by atoms with Crippen LogP contribution in [0.15, 0.2) is 41.3 Å². The van der Waals surface area contributed by atoms with Gasteiger partial charge < -0.3 is 10.5 Å². The molecular formula is C14H13ClFNOS. The number of hydrogen-bond donors (Lipinski definition) is 1. The molecule has 2 aromatic carbocycles. The lowest BCUT2D eigenvalue weighted by atomic mass is 10.2. The molecule has 2 N–H and O–H groups in total. The van der Waals surface area contributed by atoms with Crippen molar-refractivity contribution in [1.29, 1.82) is 0 Å². The molecule has 0 saturated carbocycles.